The first-order chi connectivity index (χ1) is 12.4. The lowest BCUT2D eigenvalue weighted by Crippen LogP contribution is -2.30. The summed E-state index contributed by atoms with van der Waals surface area (Å²) in [5.74, 6) is -0.0871. The zero-order valence-corrected chi connectivity index (χ0v) is 15.9. The Bertz CT molecular complexity index is 778. The SMILES string of the molecule is CCOC(=O)C[C@@H](NC(=O)c1ccc(Cl)c(Cl)c1)c1ccc(OC)cc1. The Hall–Kier alpha value is -2.24. The van der Waals surface area contributed by atoms with Crippen LogP contribution < -0.4 is 10.1 Å². The smallest absolute Gasteiger partial charge is 0.308 e. The average Bonchev–Trinajstić information content (AvgIpc) is 2.63. The van der Waals surface area contributed by atoms with Gasteiger partial charge in [-0.3, -0.25) is 9.59 Å². The van der Waals surface area contributed by atoms with E-state index in [2.05, 4.69) is 5.32 Å². The van der Waals surface area contributed by atoms with Gasteiger partial charge in [-0.1, -0.05) is 35.3 Å². The molecule has 0 aliphatic carbocycles. The quantitative estimate of drug-likeness (QED) is 0.704. The molecule has 7 heteroatoms. The molecule has 0 fully saturated rings. The van der Waals surface area contributed by atoms with E-state index >= 15 is 0 Å². The van der Waals surface area contributed by atoms with Gasteiger partial charge in [-0.15, -0.1) is 0 Å². The first-order valence-corrected chi connectivity index (χ1v) is 8.75. The van der Waals surface area contributed by atoms with Crippen molar-refractivity contribution in [2.45, 2.75) is 19.4 Å². The van der Waals surface area contributed by atoms with Crippen LogP contribution in [0.25, 0.3) is 0 Å². The molecule has 2 rings (SSSR count). The van der Waals surface area contributed by atoms with Crippen molar-refractivity contribution in [1.29, 1.82) is 0 Å². The van der Waals surface area contributed by atoms with Crippen LogP contribution in [0.3, 0.4) is 0 Å². The minimum absolute atomic E-state index is 0.00717. The van der Waals surface area contributed by atoms with Crippen LogP contribution in [-0.2, 0) is 9.53 Å². The van der Waals surface area contributed by atoms with Gasteiger partial charge >= 0.3 is 5.97 Å². The van der Waals surface area contributed by atoms with E-state index in [0.29, 0.717) is 16.3 Å². The molecule has 1 atom stereocenters. The highest BCUT2D eigenvalue weighted by molar-refractivity contribution is 6.42. The number of benzene rings is 2. The standard InChI is InChI=1S/C19H19Cl2NO4/c1-3-26-18(23)11-17(12-4-7-14(25-2)8-5-12)22-19(24)13-6-9-15(20)16(21)10-13/h4-10,17H,3,11H2,1-2H3,(H,22,24)/t17-/m1/s1. The summed E-state index contributed by atoms with van der Waals surface area (Å²) < 4.78 is 10.1. The van der Waals surface area contributed by atoms with Crippen LogP contribution in [0.4, 0.5) is 0 Å². The van der Waals surface area contributed by atoms with Gasteiger partial charge in [0, 0.05) is 5.56 Å². The summed E-state index contributed by atoms with van der Waals surface area (Å²) in [4.78, 5) is 24.5. The molecule has 26 heavy (non-hydrogen) atoms. The Morgan fingerprint density at radius 2 is 1.77 bits per heavy atom. The first kappa shape index (κ1) is 20.1. The number of hydrogen-bond donors (Lipinski definition) is 1. The topological polar surface area (TPSA) is 64.6 Å². The van der Waals surface area contributed by atoms with Crippen LogP contribution in [-0.4, -0.2) is 25.6 Å². The van der Waals surface area contributed by atoms with Crippen molar-refractivity contribution >= 4 is 35.1 Å². The van der Waals surface area contributed by atoms with Crippen molar-refractivity contribution in [2.24, 2.45) is 0 Å². The van der Waals surface area contributed by atoms with Crippen molar-refractivity contribution in [3.63, 3.8) is 0 Å². The molecule has 0 aromatic heterocycles. The lowest BCUT2D eigenvalue weighted by Gasteiger charge is -2.19. The number of esters is 1. The number of nitrogens with one attached hydrogen (secondary N) is 1. The average molecular weight is 396 g/mol. The number of ether oxygens (including phenoxy) is 2. The second-order valence-electron chi connectivity index (χ2n) is 5.44. The number of amides is 1. The maximum atomic E-state index is 12.6. The van der Waals surface area contributed by atoms with Gasteiger partial charge in [0.25, 0.3) is 5.91 Å². The zero-order chi connectivity index (χ0) is 19.1. The van der Waals surface area contributed by atoms with Crippen molar-refractivity contribution < 1.29 is 19.1 Å². The fourth-order valence-electron chi connectivity index (χ4n) is 2.35. The highest BCUT2D eigenvalue weighted by Crippen LogP contribution is 2.24. The van der Waals surface area contributed by atoms with Gasteiger partial charge in [-0.05, 0) is 42.8 Å². The first-order valence-electron chi connectivity index (χ1n) is 8.00. The number of rotatable bonds is 7. The van der Waals surface area contributed by atoms with Crippen LogP contribution >= 0.6 is 23.2 Å². The Morgan fingerprint density at radius 1 is 1.08 bits per heavy atom. The Morgan fingerprint density at radius 3 is 2.35 bits per heavy atom. The van der Waals surface area contributed by atoms with Gasteiger partial charge in [0.05, 0.1) is 36.2 Å². The van der Waals surface area contributed by atoms with E-state index < -0.39 is 12.0 Å². The third-order valence-corrected chi connectivity index (χ3v) is 4.42. The van der Waals surface area contributed by atoms with Crippen LogP contribution in [0.5, 0.6) is 5.75 Å². The number of halogens is 2. The van der Waals surface area contributed by atoms with E-state index in [1.807, 2.05) is 0 Å². The predicted molar refractivity (Wildman–Crippen MR) is 101 cm³/mol. The van der Waals surface area contributed by atoms with E-state index in [-0.39, 0.29) is 24.0 Å². The third kappa shape index (κ3) is 5.38. The largest absolute Gasteiger partial charge is 0.497 e. The van der Waals surface area contributed by atoms with Gasteiger partial charge in [0.15, 0.2) is 0 Å². The number of hydrogen-bond acceptors (Lipinski definition) is 4. The highest BCUT2D eigenvalue weighted by atomic mass is 35.5. The Balaban J connectivity index is 2.22. The normalized spacial score (nSPS) is 11.5. The van der Waals surface area contributed by atoms with Crippen LogP contribution in [0.15, 0.2) is 42.5 Å². The molecule has 2 aromatic rings. The van der Waals surface area contributed by atoms with E-state index in [0.717, 1.165) is 5.56 Å². The number of carbonyl (C=O) groups is 2. The van der Waals surface area contributed by atoms with Crippen LogP contribution in [0.2, 0.25) is 10.0 Å². The maximum absolute atomic E-state index is 12.6. The minimum atomic E-state index is -0.554. The van der Waals surface area contributed by atoms with E-state index in [9.17, 15) is 9.59 Å². The third-order valence-electron chi connectivity index (χ3n) is 3.68. The highest BCUT2D eigenvalue weighted by Gasteiger charge is 2.20. The molecule has 138 valence electrons. The molecule has 0 bridgehead atoms. The molecule has 0 radical (unpaired) electrons. The molecule has 2 aromatic carbocycles. The lowest BCUT2D eigenvalue weighted by atomic mass is 10.0. The lowest BCUT2D eigenvalue weighted by molar-refractivity contribution is -0.143. The summed E-state index contributed by atoms with van der Waals surface area (Å²) in [5.41, 5.74) is 1.11. The van der Waals surface area contributed by atoms with Gasteiger partial charge < -0.3 is 14.8 Å². The van der Waals surface area contributed by atoms with Crippen molar-refractivity contribution in [3.05, 3.63) is 63.6 Å². The van der Waals surface area contributed by atoms with Gasteiger partial charge in [-0.2, -0.15) is 0 Å². The molecule has 1 N–H and O–H groups in total. The van der Waals surface area contributed by atoms with Gasteiger partial charge in [0.1, 0.15) is 5.75 Å². The summed E-state index contributed by atoms with van der Waals surface area (Å²) >= 11 is 11.9. The summed E-state index contributed by atoms with van der Waals surface area (Å²) in [5, 5.41) is 3.49. The van der Waals surface area contributed by atoms with E-state index in [1.165, 1.54) is 6.07 Å². The zero-order valence-electron chi connectivity index (χ0n) is 14.4. The Kier molecular flexibility index (Phi) is 7.30. The second-order valence-corrected chi connectivity index (χ2v) is 6.25. The van der Waals surface area contributed by atoms with Crippen LogP contribution in [0, 0.1) is 0 Å². The summed E-state index contributed by atoms with van der Waals surface area (Å²) in [6.07, 6.45) is 0.00717. The maximum Gasteiger partial charge on any atom is 0.308 e. The van der Waals surface area contributed by atoms with Gasteiger partial charge in [0.2, 0.25) is 0 Å². The summed E-state index contributed by atoms with van der Waals surface area (Å²) in [6, 6.07) is 11.1. The molecule has 0 spiro atoms. The van der Waals surface area contributed by atoms with Crippen molar-refractivity contribution in [3.8, 4) is 5.75 Å². The molecule has 5 nitrogen and oxygen atoms in total. The molecule has 0 heterocycles. The monoisotopic (exact) mass is 395 g/mol. The summed E-state index contributed by atoms with van der Waals surface area (Å²) in [7, 11) is 1.57. The number of carbonyl (C=O) groups excluding carboxylic acids is 2. The number of methoxy groups -OCH3 is 1. The fraction of sp³-hybridized carbons (Fsp3) is 0.263. The predicted octanol–water partition coefficient (Wildman–Crippen LogP) is 4.43. The Labute approximate surface area is 162 Å². The summed E-state index contributed by atoms with van der Waals surface area (Å²) in [6.45, 7) is 2.00. The van der Waals surface area contributed by atoms with E-state index in [4.69, 9.17) is 32.7 Å². The van der Waals surface area contributed by atoms with Crippen molar-refractivity contribution in [2.75, 3.05) is 13.7 Å². The fourth-order valence-corrected chi connectivity index (χ4v) is 2.65. The molecule has 0 aliphatic rings. The second kappa shape index (κ2) is 9.46. The molecular formula is C19H19Cl2NO4. The molecule has 0 aliphatic heterocycles. The molecule has 0 saturated heterocycles. The van der Waals surface area contributed by atoms with Crippen molar-refractivity contribution in [1.82, 2.24) is 5.32 Å². The van der Waals surface area contributed by atoms with E-state index in [1.54, 1.807) is 50.4 Å². The van der Waals surface area contributed by atoms with Gasteiger partial charge in [-0.25, -0.2) is 0 Å². The molecular weight excluding hydrogens is 377 g/mol. The molecule has 1 amide bonds. The van der Waals surface area contributed by atoms with Crippen LogP contribution in [0.1, 0.15) is 35.3 Å². The minimum Gasteiger partial charge on any atom is -0.497 e. The molecule has 0 unspecified atom stereocenters. The molecule has 0 saturated carbocycles.